The molecule has 0 aliphatic carbocycles. The Morgan fingerprint density at radius 1 is 0.912 bits per heavy atom. The van der Waals surface area contributed by atoms with E-state index in [1.54, 1.807) is 64.3 Å². The molecular weight excluding hydrogens is 440 g/mol. The summed E-state index contributed by atoms with van der Waals surface area (Å²) in [5.41, 5.74) is 0.624. The van der Waals surface area contributed by atoms with Crippen LogP contribution >= 0.6 is 0 Å². The molecule has 0 atom stereocenters. The number of rotatable bonds is 10. The summed E-state index contributed by atoms with van der Waals surface area (Å²) in [7, 11) is 1.61. The highest BCUT2D eigenvalue weighted by molar-refractivity contribution is 6.07. The zero-order valence-corrected chi connectivity index (χ0v) is 19.8. The Hall–Kier alpha value is -3.56. The second kappa shape index (κ2) is 11.5. The molecule has 0 spiro atoms. The average molecular weight is 471 g/mol. The van der Waals surface area contributed by atoms with Crippen molar-refractivity contribution < 1.29 is 33.0 Å². The summed E-state index contributed by atoms with van der Waals surface area (Å²) in [5, 5.41) is 6.15. The zero-order chi connectivity index (χ0) is 24.6. The molecule has 0 bridgehead atoms. The minimum absolute atomic E-state index is 0.106. The third-order valence-electron chi connectivity index (χ3n) is 4.46. The van der Waals surface area contributed by atoms with Crippen LogP contribution < -0.4 is 15.4 Å². The van der Waals surface area contributed by atoms with Gasteiger partial charge in [-0.15, -0.1) is 0 Å². The third kappa shape index (κ3) is 7.23. The van der Waals surface area contributed by atoms with Crippen molar-refractivity contribution in [2.75, 3.05) is 44.2 Å². The zero-order valence-electron chi connectivity index (χ0n) is 19.8. The molecule has 3 rings (SSSR count). The summed E-state index contributed by atoms with van der Waals surface area (Å²) in [5.74, 6) is 0.150. The molecule has 34 heavy (non-hydrogen) atoms. The summed E-state index contributed by atoms with van der Waals surface area (Å²) in [6, 6.07) is 13.9. The number of hydrogen-bond acceptors (Lipinski definition) is 7. The van der Waals surface area contributed by atoms with E-state index in [1.165, 1.54) is 0 Å². The van der Waals surface area contributed by atoms with E-state index in [0.717, 1.165) is 5.39 Å². The van der Waals surface area contributed by atoms with Gasteiger partial charge in [-0.25, -0.2) is 4.79 Å². The predicted octanol–water partition coefficient (Wildman–Crippen LogP) is 5.07. The average Bonchev–Trinajstić information content (AvgIpc) is 3.21. The lowest BCUT2D eigenvalue weighted by Gasteiger charge is -2.20. The van der Waals surface area contributed by atoms with E-state index in [9.17, 15) is 9.59 Å². The molecule has 0 saturated heterocycles. The number of ether oxygens (including phenoxy) is 4. The van der Waals surface area contributed by atoms with Gasteiger partial charge in [0.05, 0.1) is 31.2 Å². The monoisotopic (exact) mass is 470 g/mol. The molecule has 0 fully saturated rings. The van der Waals surface area contributed by atoms with Gasteiger partial charge in [-0.3, -0.25) is 10.1 Å². The highest BCUT2D eigenvalue weighted by Crippen LogP contribution is 2.30. The summed E-state index contributed by atoms with van der Waals surface area (Å²) in [4.78, 5) is 25.1. The van der Waals surface area contributed by atoms with E-state index in [0.29, 0.717) is 49.1 Å². The van der Waals surface area contributed by atoms with Crippen molar-refractivity contribution in [3.8, 4) is 5.75 Å². The maximum Gasteiger partial charge on any atom is 0.412 e. The van der Waals surface area contributed by atoms with E-state index >= 15 is 0 Å². The lowest BCUT2D eigenvalue weighted by Crippen LogP contribution is -2.27. The van der Waals surface area contributed by atoms with Crippen molar-refractivity contribution in [3.63, 3.8) is 0 Å². The van der Waals surface area contributed by atoms with E-state index in [4.69, 9.17) is 23.4 Å². The van der Waals surface area contributed by atoms with Crippen LogP contribution in [0.25, 0.3) is 11.0 Å². The van der Waals surface area contributed by atoms with Crippen LogP contribution in [-0.2, 0) is 14.2 Å². The van der Waals surface area contributed by atoms with Gasteiger partial charge in [0.2, 0.25) is 0 Å². The second-order valence-electron chi connectivity index (χ2n) is 8.37. The van der Waals surface area contributed by atoms with Gasteiger partial charge in [0.25, 0.3) is 5.91 Å². The number of benzene rings is 2. The molecule has 9 nitrogen and oxygen atoms in total. The van der Waals surface area contributed by atoms with E-state index in [-0.39, 0.29) is 5.76 Å². The highest BCUT2D eigenvalue weighted by Gasteiger charge is 2.19. The van der Waals surface area contributed by atoms with Crippen LogP contribution in [-0.4, -0.2) is 51.1 Å². The lowest BCUT2D eigenvalue weighted by molar-refractivity contribution is 0.0545. The van der Waals surface area contributed by atoms with Gasteiger partial charge in [0.15, 0.2) is 17.1 Å². The van der Waals surface area contributed by atoms with Crippen LogP contribution in [0, 0.1) is 0 Å². The van der Waals surface area contributed by atoms with Crippen LogP contribution in [0.15, 0.2) is 52.9 Å². The van der Waals surface area contributed by atoms with Crippen molar-refractivity contribution in [1.82, 2.24) is 0 Å². The van der Waals surface area contributed by atoms with E-state index in [1.807, 2.05) is 12.1 Å². The molecule has 3 aromatic rings. The van der Waals surface area contributed by atoms with Crippen LogP contribution in [0.3, 0.4) is 0 Å². The van der Waals surface area contributed by atoms with E-state index < -0.39 is 17.6 Å². The van der Waals surface area contributed by atoms with Crippen molar-refractivity contribution >= 4 is 34.3 Å². The fourth-order valence-corrected chi connectivity index (χ4v) is 3.02. The molecule has 1 heterocycles. The molecule has 2 amide bonds. The Bertz CT molecular complexity index is 1120. The fraction of sp³-hybridized carbons (Fsp3) is 0.360. The van der Waals surface area contributed by atoms with Gasteiger partial charge in [0.1, 0.15) is 12.2 Å². The largest absolute Gasteiger partial charge is 0.487 e. The smallest absolute Gasteiger partial charge is 0.412 e. The molecule has 0 saturated carbocycles. The normalized spacial score (nSPS) is 11.3. The van der Waals surface area contributed by atoms with Gasteiger partial charge in [-0.1, -0.05) is 24.3 Å². The molecule has 2 N–H and O–H groups in total. The molecule has 1 aromatic heterocycles. The maximum absolute atomic E-state index is 12.9. The van der Waals surface area contributed by atoms with Gasteiger partial charge in [-0.2, -0.15) is 0 Å². The summed E-state index contributed by atoms with van der Waals surface area (Å²) >= 11 is 0. The molecule has 0 aliphatic heterocycles. The Morgan fingerprint density at radius 3 is 2.32 bits per heavy atom. The number of hydrogen-bond donors (Lipinski definition) is 2. The first kappa shape index (κ1) is 25.1. The Kier molecular flexibility index (Phi) is 8.50. The number of methoxy groups -OCH3 is 1. The predicted molar refractivity (Wildman–Crippen MR) is 129 cm³/mol. The fourth-order valence-electron chi connectivity index (χ4n) is 3.02. The van der Waals surface area contributed by atoms with Crippen LogP contribution in [0.4, 0.5) is 16.2 Å². The molecule has 0 radical (unpaired) electrons. The first-order valence-corrected chi connectivity index (χ1v) is 10.9. The number of fused-ring (bicyclic) bond motifs is 1. The summed E-state index contributed by atoms with van der Waals surface area (Å²) < 4.78 is 27.2. The number of carbonyl (C=O) groups excluding carboxylic acids is 2. The molecule has 182 valence electrons. The van der Waals surface area contributed by atoms with Crippen molar-refractivity contribution in [1.29, 1.82) is 0 Å². The quantitative estimate of drug-likeness (QED) is 0.398. The van der Waals surface area contributed by atoms with Gasteiger partial charge in [-0.05, 0) is 45.0 Å². The lowest BCUT2D eigenvalue weighted by atomic mass is 10.2. The number of furan rings is 1. The molecule has 9 heteroatoms. The standard InChI is InChI=1S/C25H30N2O7/c1-25(2,3)34-24(29)27-19-10-6-5-9-18(19)26-23(28)21-16-17-8-7-11-20(22(17)33-21)32-15-14-31-13-12-30-4/h5-11,16H,12-15H2,1-4H3,(H,26,28)(H,27,29). The number of para-hydroxylation sites is 3. The third-order valence-corrected chi connectivity index (χ3v) is 4.46. The first-order valence-electron chi connectivity index (χ1n) is 10.9. The van der Waals surface area contributed by atoms with Crippen LogP contribution in [0.2, 0.25) is 0 Å². The number of carbonyl (C=O) groups is 2. The van der Waals surface area contributed by atoms with Crippen LogP contribution in [0.5, 0.6) is 5.75 Å². The maximum atomic E-state index is 12.9. The van der Waals surface area contributed by atoms with Crippen molar-refractivity contribution in [3.05, 3.63) is 54.3 Å². The Balaban J connectivity index is 1.68. The first-order chi connectivity index (χ1) is 16.3. The second-order valence-corrected chi connectivity index (χ2v) is 8.37. The minimum atomic E-state index is -0.646. The summed E-state index contributed by atoms with van der Waals surface area (Å²) in [6.45, 7) is 7.04. The van der Waals surface area contributed by atoms with E-state index in [2.05, 4.69) is 10.6 Å². The van der Waals surface area contributed by atoms with Gasteiger partial charge >= 0.3 is 6.09 Å². The van der Waals surface area contributed by atoms with Gasteiger partial charge in [0, 0.05) is 12.5 Å². The summed E-state index contributed by atoms with van der Waals surface area (Å²) in [6.07, 6.45) is -0.620. The highest BCUT2D eigenvalue weighted by atomic mass is 16.6. The molecule has 0 unspecified atom stereocenters. The van der Waals surface area contributed by atoms with Crippen molar-refractivity contribution in [2.24, 2.45) is 0 Å². The SMILES string of the molecule is COCCOCCOc1cccc2cc(C(=O)Nc3ccccc3NC(=O)OC(C)(C)C)oc12. The topological polar surface area (TPSA) is 108 Å². The molecular formula is C25H30N2O7. The minimum Gasteiger partial charge on any atom is -0.487 e. The van der Waals surface area contributed by atoms with Crippen LogP contribution in [0.1, 0.15) is 31.3 Å². The number of nitrogens with one attached hydrogen (secondary N) is 2. The van der Waals surface area contributed by atoms with Gasteiger partial charge < -0.3 is 28.7 Å². The number of anilines is 2. The Labute approximate surface area is 198 Å². The Morgan fingerprint density at radius 2 is 1.62 bits per heavy atom. The number of amides is 2. The molecule has 0 aliphatic rings. The van der Waals surface area contributed by atoms with Crippen molar-refractivity contribution in [2.45, 2.75) is 26.4 Å². The molecule has 2 aromatic carbocycles.